The smallest absolute Gasteiger partial charge is 0.231 e. The summed E-state index contributed by atoms with van der Waals surface area (Å²) in [5, 5.41) is 12.3. The van der Waals surface area contributed by atoms with Gasteiger partial charge in [-0.3, -0.25) is 9.48 Å². The average molecular weight is 471 g/mol. The molecule has 1 N–H and O–H groups in total. The van der Waals surface area contributed by atoms with Gasteiger partial charge in [0, 0.05) is 46.8 Å². The highest BCUT2D eigenvalue weighted by atomic mass is 35.5. The minimum absolute atomic E-state index is 0.0466. The zero-order chi connectivity index (χ0) is 23.7. The Bertz CT molecular complexity index is 1450. The molecule has 0 aliphatic heterocycles. The van der Waals surface area contributed by atoms with Crippen molar-refractivity contribution in [2.24, 2.45) is 7.05 Å². The van der Waals surface area contributed by atoms with Crippen LogP contribution in [0.25, 0.3) is 27.9 Å². The van der Waals surface area contributed by atoms with Crippen LogP contribution < -0.4 is 5.32 Å². The lowest BCUT2D eigenvalue weighted by Gasteiger charge is -2.16. The maximum atomic E-state index is 12.9. The second kappa shape index (κ2) is 9.11. The first kappa shape index (κ1) is 21.9. The van der Waals surface area contributed by atoms with E-state index in [4.69, 9.17) is 11.6 Å². The van der Waals surface area contributed by atoms with Gasteiger partial charge in [-0.2, -0.15) is 10.2 Å². The number of rotatable bonds is 6. The zero-order valence-corrected chi connectivity index (χ0v) is 19.6. The Labute approximate surface area is 202 Å². The first-order valence-corrected chi connectivity index (χ1v) is 11.4. The fourth-order valence-electron chi connectivity index (χ4n) is 4.09. The molecule has 0 fully saturated rings. The fraction of sp³-hybridized carbons (Fsp3) is 0.154. The minimum atomic E-state index is -0.245. The Hall–Kier alpha value is -3.97. The van der Waals surface area contributed by atoms with Gasteiger partial charge in [0.1, 0.15) is 6.33 Å². The summed E-state index contributed by atoms with van der Waals surface area (Å²) in [6, 6.07) is 17.2. The van der Waals surface area contributed by atoms with Gasteiger partial charge in [0.05, 0.1) is 23.3 Å². The van der Waals surface area contributed by atoms with Gasteiger partial charge < -0.3 is 5.32 Å². The molecule has 34 heavy (non-hydrogen) atoms. The number of carbonyl (C=O) groups excluding carboxylic acids is 1. The van der Waals surface area contributed by atoms with Gasteiger partial charge in [0.15, 0.2) is 0 Å². The Balaban J connectivity index is 1.38. The molecule has 170 valence electrons. The van der Waals surface area contributed by atoms with E-state index >= 15 is 0 Å². The van der Waals surface area contributed by atoms with E-state index < -0.39 is 0 Å². The summed E-state index contributed by atoms with van der Waals surface area (Å²) < 4.78 is 3.59. The zero-order valence-electron chi connectivity index (χ0n) is 18.8. The van der Waals surface area contributed by atoms with Crippen molar-refractivity contribution in [1.82, 2.24) is 24.4 Å². The Morgan fingerprint density at radius 1 is 1.00 bits per heavy atom. The van der Waals surface area contributed by atoms with Gasteiger partial charge in [0.2, 0.25) is 5.91 Å². The number of benzene rings is 2. The van der Waals surface area contributed by atoms with Crippen molar-refractivity contribution < 1.29 is 4.79 Å². The summed E-state index contributed by atoms with van der Waals surface area (Å²) in [6.07, 6.45) is 7.99. The first-order chi connectivity index (χ1) is 16.5. The lowest BCUT2D eigenvalue weighted by atomic mass is 9.95. The predicted octanol–water partition coefficient (Wildman–Crippen LogP) is 5.58. The molecule has 0 unspecified atom stereocenters. The number of amides is 1. The average Bonchev–Trinajstić information content (AvgIpc) is 3.47. The van der Waals surface area contributed by atoms with Crippen molar-refractivity contribution in [3.8, 4) is 22.4 Å². The van der Waals surface area contributed by atoms with E-state index in [2.05, 4.69) is 26.6 Å². The lowest BCUT2D eigenvalue weighted by molar-refractivity contribution is -0.117. The molecule has 0 aliphatic rings. The fourth-order valence-corrected chi connectivity index (χ4v) is 4.21. The van der Waals surface area contributed by atoms with Crippen molar-refractivity contribution in [2.45, 2.75) is 19.3 Å². The number of halogens is 1. The third-order valence-corrected chi connectivity index (χ3v) is 6.12. The molecular weight excluding hydrogens is 448 g/mol. The topological polar surface area (TPSA) is 77.1 Å². The van der Waals surface area contributed by atoms with Gasteiger partial charge in [-0.25, -0.2) is 9.50 Å². The number of anilines is 1. The molecule has 0 saturated heterocycles. The van der Waals surface area contributed by atoms with Gasteiger partial charge in [-0.1, -0.05) is 42.8 Å². The molecule has 2 aromatic carbocycles. The van der Waals surface area contributed by atoms with Gasteiger partial charge in [-0.05, 0) is 42.3 Å². The van der Waals surface area contributed by atoms with Crippen LogP contribution in [0, 0.1) is 0 Å². The molecule has 3 aromatic heterocycles. The van der Waals surface area contributed by atoms with E-state index in [-0.39, 0.29) is 11.8 Å². The molecule has 0 saturated carbocycles. The molecule has 7 nitrogen and oxygen atoms in total. The van der Waals surface area contributed by atoms with E-state index in [0.717, 1.165) is 39.2 Å². The van der Waals surface area contributed by atoms with Crippen LogP contribution in [0.5, 0.6) is 0 Å². The Kier molecular flexibility index (Phi) is 5.86. The largest absolute Gasteiger partial charge is 0.326 e. The highest BCUT2D eigenvalue weighted by Gasteiger charge is 2.19. The first-order valence-electron chi connectivity index (χ1n) is 11.0. The van der Waals surface area contributed by atoms with E-state index in [9.17, 15) is 4.79 Å². The van der Waals surface area contributed by atoms with Crippen molar-refractivity contribution in [3.63, 3.8) is 0 Å². The van der Waals surface area contributed by atoms with Crippen LogP contribution in [0.3, 0.4) is 0 Å². The monoisotopic (exact) mass is 470 g/mol. The summed E-state index contributed by atoms with van der Waals surface area (Å²) in [5.74, 6) is -0.292. The van der Waals surface area contributed by atoms with Crippen molar-refractivity contribution in [2.75, 3.05) is 5.32 Å². The number of hydrogen-bond donors (Lipinski definition) is 1. The molecule has 1 amide bonds. The van der Waals surface area contributed by atoms with E-state index in [1.54, 1.807) is 11.0 Å². The van der Waals surface area contributed by atoms with Crippen LogP contribution in [-0.4, -0.2) is 30.3 Å². The number of aromatic nitrogens is 5. The summed E-state index contributed by atoms with van der Waals surface area (Å²) in [6.45, 7) is 2.00. The number of carbonyl (C=O) groups is 1. The molecule has 5 aromatic rings. The highest BCUT2D eigenvalue weighted by Crippen LogP contribution is 2.29. The van der Waals surface area contributed by atoms with Crippen molar-refractivity contribution >= 4 is 28.7 Å². The van der Waals surface area contributed by atoms with Crippen LogP contribution in [0.2, 0.25) is 5.02 Å². The number of hydrogen-bond acceptors (Lipinski definition) is 4. The van der Waals surface area contributed by atoms with E-state index in [0.29, 0.717) is 11.4 Å². The summed E-state index contributed by atoms with van der Waals surface area (Å²) in [7, 11) is 1.89. The number of nitrogens with zero attached hydrogens (tertiary/aromatic N) is 5. The number of nitrogens with one attached hydrogen (secondary N) is 1. The van der Waals surface area contributed by atoms with Crippen molar-refractivity contribution in [1.29, 1.82) is 0 Å². The summed E-state index contributed by atoms with van der Waals surface area (Å²) >= 11 is 5.99. The Morgan fingerprint density at radius 2 is 1.76 bits per heavy atom. The summed E-state index contributed by atoms with van der Waals surface area (Å²) in [4.78, 5) is 17.4. The predicted molar refractivity (Wildman–Crippen MR) is 134 cm³/mol. The lowest BCUT2D eigenvalue weighted by Crippen LogP contribution is -2.20. The van der Waals surface area contributed by atoms with Gasteiger partial charge in [-0.15, -0.1) is 0 Å². The number of fused-ring (bicyclic) bond motifs is 1. The van der Waals surface area contributed by atoms with Crippen LogP contribution in [0.4, 0.5) is 5.69 Å². The molecule has 1 atom stereocenters. The molecule has 5 rings (SSSR count). The van der Waals surface area contributed by atoms with Crippen LogP contribution in [-0.2, 0) is 11.8 Å². The second-order valence-electron chi connectivity index (χ2n) is 8.15. The second-order valence-corrected chi connectivity index (χ2v) is 8.59. The standard InChI is InChI=1S/C26H23ClN6O/c1-3-23(17-4-8-21(27)9-5-17)26(34)31-22-10-6-18(7-11-22)25-24-12-19(15-33(24)30-16-28-25)20-13-29-32(2)14-20/h4-16,23H,3H2,1-2H3,(H,31,34)/t23-/m1/s1. The molecule has 8 heteroatoms. The maximum absolute atomic E-state index is 12.9. The normalized spacial score (nSPS) is 12.1. The molecule has 3 heterocycles. The maximum Gasteiger partial charge on any atom is 0.231 e. The SMILES string of the molecule is CC[C@@H](C(=O)Nc1ccc(-c2ncnn3cc(-c4cnn(C)c4)cc23)cc1)c1ccc(Cl)cc1. The van der Waals surface area contributed by atoms with E-state index in [1.165, 1.54) is 0 Å². The molecule has 0 bridgehead atoms. The van der Waals surface area contributed by atoms with Crippen LogP contribution >= 0.6 is 11.6 Å². The Morgan fingerprint density at radius 3 is 2.44 bits per heavy atom. The molecule has 0 radical (unpaired) electrons. The van der Waals surface area contributed by atoms with Crippen LogP contribution in [0.1, 0.15) is 24.8 Å². The van der Waals surface area contributed by atoms with Gasteiger partial charge >= 0.3 is 0 Å². The molecular formula is C26H23ClN6O. The summed E-state index contributed by atoms with van der Waals surface area (Å²) in [5.41, 5.74) is 6.36. The van der Waals surface area contributed by atoms with Crippen molar-refractivity contribution in [3.05, 3.63) is 90.1 Å². The quantitative estimate of drug-likeness (QED) is 0.351. The van der Waals surface area contributed by atoms with Gasteiger partial charge in [0.25, 0.3) is 0 Å². The third-order valence-electron chi connectivity index (χ3n) is 5.87. The highest BCUT2D eigenvalue weighted by molar-refractivity contribution is 6.30. The molecule has 0 aliphatic carbocycles. The minimum Gasteiger partial charge on any atom is -0.326 e. The third kappa shape index (κ3) is 4.30. The number of aryl methyl sites for hydroxylation is 1. The van der Waals surface area contributed by atoms with Crippen LogP contribution in [0.15, 0.2) is 79.5 Å². The molecule has 0 spiro atoms. The van der Waals surface area contributed by atoms with E-state index in [1.807, 2.05) is 85.6 Å².